The molecule has 5 atom stereocenters. The van der Waals surface area contributed by atoms with Gasteiger partial charge in [0.1, 0.15) is 11.5 Å². The van der Waals surface area contributed by atoms with Gasteiger partial charge >= 0.3 is 5.97 Å². The molecule has 0 saturated carbocycles. The molecule has 4 heterocycles. The van der Waals surface area contributed by atoms with Crippen LogP contribution in [0, 0.1) is 17.8 Å². The van der Waals surface area contributed by atoms with E-state index >= 15 is 0 Å². The van der Waals surface area contributed by atoms with Crippen LogP contribution in [0.1, 0.15) is 26.7 Å². The second-order valence-electron chi connectivity index (χ2n) is 7.78. The minimum absolute atomic E-state index is 0.00356. The second-order valence-corrected chi connectivity index (χ2v) is 7.78. The first-order valence-electron chi connectivity index (χ1n) is 8.94. The molecule has 1 spiro atoms. The van der Waals surface area contributed by atoms with Gasteiger partial charge in [-0.2, -0.15) is 0 Å². The van der Waals surface area contributed by atoms with Crippen LogP contribution >= 0.6 is 0 Å². The number of nitrogens with zero attached hydrogens (tertiary/aromatic N) is 1. The minimum atomic E-state index is -0.651. The number of hydrogen-bond acceptors (Lipinski definition) is 5. The first-order chi connectivity index (χ1) is 11.5. The predicted octanol–water partition coefficient (Wildman–Crippen LogP) is 1.15. The lowest BCUT2D eigenvalue weighted by atomic mass is 9.77. The number of ether oxygens (including phenoxy) is 3. The van der Waals surface area contributed by atoms with Crippen molar-refractivity contribution in [1.82, 2.24) is 4.90 Å². The van der Waals surface area contributed by atoms with Crippen molar-refractivity contribution in [3.05, 3.63) is 12.2 Å². The number of fused-ring (bicyclic) bond motifs is 1. The summed E-state index contributed by atoms with van der Waals surface area (Å²) in [7, 11) is 0. The maximum Gasteiger partial charge on any atom is 0.312 e. The third-order valence-electron chi connectivity index (χ3n) is 5.46. The third-order valence-corrected chi connectivity index (χ3v) is 5.46. The van der Waals surface area contributed by atoms with Gasteiger partial charge in [-0.25, -0.2) is 0 Å². The molecule has 4 aliphatic heterocycles. The van der Waals surface area contributed by atoms with Gasteiger partial charge in [-0.05, 0) is 18.8 Å². The van der Waals surface area contributed by atoms with Crippen LogP contribution in [0.4, 0.5) is 0 Å². The highest BCUT2D eigenvalue weighted by molar-refractivity contribution is 5.91. The molecule has 0 aromatic heterocycles. The lowest BCUT2D eigenvalue weighted by Gasteiger charge is -2.23. The molecule has 6 nitrogen and oxygen atoms in total. The minimum Gasteiger partial charge on any atom is -0.465 e. The molecule has 6 heteroatoms. The Morgan fingerprint density at radius 1 is 1.50 bits per heavy atom. The molecule has 0 aliphatic carbocycles. The van der Waals surface area contributed by atoms with Gasteiger partial charge < -0.3 is 19.1 Å². The summed E-state index contributed by atoms with van der Waals surface area (Å²) in [6.07, 6.45) is 5.70. The molecule has 24 heavy (non-hydrogen) atoms. The van der Waals surface area contributed by atoms with Gasteiger partial charge in [0, 0.05) is 13.2 Å². The van der Waals surface area contributed by atoms with Crippen molar-refractivity contribution in [1.29, 1.82) is 0 Å². The van der Waals surface area contributed by atoms with Crippen molar-refractivity contribution in [3.63, 3.8) is 0 Å². The lowest BCUT2D eigenvalue weighted by Crippen LogP contribution is -2.40. The van der Waals surface area contributed by atoms with Crippen LogP contribution in [0.2, 0.25) is 0 Å². The number of rotatable bonds is 5. The van der Waals surface area contributed by atoms with Gasteiger partial charge in [0.05, 0.1) is 31.3 Å². The Morgan fingerprint density at radius 3 is 3.04 bits per heavy atom. The quantitative estimate of drug-likeness (QED) is 0.557. The van der Waals surface area contributed by atoms with Crippen molar-refractivity contribution in [2.24, 2.45) is 17.8 Å². The van der Waals surface area contributed by atoms with Crippen molar-refractivity contribution in [2.45, 2.75) is 44.5 Å². The smallest absolute Gasteiger partial charge is 0.312 e. The highest BCUT2D eigenvalue weighted by Gasteiger charge is 2.67. The highest BCUT2D eigenvalue weighted by Crippen LogP contribution is 2.52. The van der Waals surface area contributed by atoms with Crippen LogP contribution in [0.3, 0.4) is 0 Å². The molecule has 0 aromatic carbocycles. The van der Waals surface area contributed by atoms with E-state index < -0.39 is 17.4 Å². The van der Waals surface area contributed by atoms with Crippen molar-refractivity contribution < 1.29 is 23.8 Å². The van der Waals surface area contributed by atoms with Crippen LogP contribution < -0.4 is 0 Å². The third kappa shape index (κ3) is 2.47. The largest absolute Gasteiger partial charge is 0.465 e. The Hall–Kier alpha value is -1.40. The molecular weight excluding hydrogens is 310 g/mol. The van der Waals surface area contributed by atoms with E-state index in [2.05, 4.69) is 0 Å². The summed E-state index contributed by atoms with van der Waals surface area (Å²) in [6.45, 7) is 6.24. The van der Waals surface area contributed by atoms with Crippen molar-refractivity contribution >= 4 is 11.9 Å². The maximum atomic E-state index is 13.0. The Morgan fingerprint density at radius 2 is 2.33 bits per heavy atom. The topological polar surface area (TPSA) is 65.1 Å². The van der Waals surface area contributed by atoms with Gasteiger partial charge in [-0.3, -0.25) is 9.59 Å². The SMILES string of the molecule is CC(C)COC(=O)[C@@H]1[C@H]2C(=O)N(C[C@@H]3CCCO3)C[C@]23C=C[C@H]1O3. The van der Waals surface area contributed by atoms with E-state index in [4.69, 9.17) is 14.2 Å². The molecule has 4 rings (SSSR count). The van der Waals surface area contributed by atoms with Gasteiger partial charge in [-0.15, -0.1) is 0 Å². The molecule has 0 unspecified atom stereocenters. The van der Waals surface area contributed by atoms with E-state index in [0.29, 0.717) is 19.7 Å². The molecular formula is C18H25NO5. The summed E-state index contributed by atoms with van der Waals surface area (Å²) in [5, 5.41) is 0. The standard InChI is InChI=1S/C18H25NO5/c1-11(2)9-23-17(21)14-13-5-6-18(24-13)10-19(16(20)15(14)18)8-12-4-3-7-22-12/h5-6,11-15H,3-4,7-10H2,1-2H3/t12-,13+,14-,15-,18+/m0/s1. The van der Waals surface area contributed by atoms with Gasteiger partial charge in [0.2, 0.25) is 5.91 Å². The van der Waals surface area contributed by atoms with Gasteiger partial charge in [0.25, 0.3) is 0 Å². The number of carbonyl (C=O) groups is 2. The zero-order chi connectivity index (χ0) is 16.9. The van der Waals surface area contributed by atoms with E-state index in [-0.39, 0.29) is 30.0 Å². The fourth-order valence-corrected chi connectivity index (χ4v) is 4.38. The Balaban J connectivity index is 1.50. The fourth-order valence-electron chi connectivity index (χ4n) is 4.38. The molecule has 4 aliphatic rings. The van der Waals surface area contributed by atoms with Gasteiger partial charge in [0.15, 0.2) is 0 Å². The monoisotopic (exact) mass is 335 g/mol. The molecule has 0 aromatic rings. The van der Waals surface area contributed by atoms with Gasteiger partial charge in [-0.1, -0.05) is 26.0 Å². The summed E-state index contributed by atoms with van der Waals surface area (Å²) < 4.78 is 17.1. The average Bonchev–Trinajstić information content (AvgIpc) is 3.28. The summed E-state index contributed by atoms with van der Waals surface area (Å²) in [4.78, 5) is 27.3. The van der Waals surface area contributed by atoms with E-state index in [1.165, 1.54) is 0 Å². The zero-order valence-corrected chi connectivity index (χ0v) is 14.3. The fraction of sp³-hybridized carbons (Fsp3) is 0.778. The number of likely N-dealkylation sites (tertiary alicyclic amines) is 1. The van der Waals surface area contributed by atoms with Crippen LogP contribution in [-0.4, -0.2) is 60.9 Å². The first-order valence-corrected chi connectivity index (χ1v) is 8.94. The Kier molecular flexibility index (Phi) is 3.92. The van der Waals surface area contributed by atoms with Crippen molar-refractivity contribution in [2.75, 3.05) is 26.3 Å². The number of amides is 1. The number of hydrogen-bond donors (Lipinski definition) is 0. The Labute approximate surface area is 142 Å². The van der Waals surface area contributed by atoms with Crippen LogP contribution in [-0.2, 0) is 23.8 Å². The second kappa shape index (κ2) is 5.85. The van der Waals surface area contributed by atoms with Crippen LogP contribution in [0.5, 0.6) is 0 Å². The normalized spacial score (nSPS) is 40.0. The van der Waals surface area contributed by atoms with E-state index in [1.807, 2.05) is 30.9 Å². The van der Waals surface area contributed by atoms with E-state index in [1.54, 1.807) is 0 Å². The highest BCUT2D eigenvalue weighted by atomic mass is 16.6. The van der Waals surface area contributed by atoms with Crippen LogP contribution in [0.25, 0.3) is 0 Å². The molecule has 2 bridgehead atoms. The summed E-state index contributed by atoms with van der Waals surface area (Å²) in [6, 6.07) is 0. The van der Waals surface area contributed by atoms with Crippen LogP contribution in [0.15, 0.2) is 12.2 Å². The molecule has 0 radical (unpaired) electrons. The molecule has 3 fully saturated rings. The first kappa shape index (κ1) is 16.1. The lowest BCUT2D eigenvalue weighted by molar-refractivity contribution is -0.154. The number of carbonyl (C=O) groups excluding carboxylic acids is 2. The number of esters is 1. The van der Waals surface area contributed by atoms with Crippen molar-refractivity contribution in [3.8, 4) is 0 Å². The molecule has 132 valence electrons. The predicted molar refractivity (Wildman–Crippen MR) is 85.1 cm³/mol. The Bertz CT molecular complexity index is 568. The summed E-state index contributed by atoms with van der Waals surface area (Å²) >= 11 is 0. The molecule has 0 N–H and O–H groups in total. The summed E-state index contributed by atoms with van der Waals surface area (Å²) in [5.74, 6) is -1.00. The zero-order valence-electron chi connectivity index (χ0n) is 14.3. The maximum absolute atomic E-state index is 13.0. The summed E-state index contributed by atoms with van der Waals surface area (Å²) in [5.41, 5.74) is -0.651. The molecule has 3 saturated heterocycles. The average molecular weight is 335 g/mol. The van der Waals surface area contributed by atoms with E-state index in [9.17, 15) is 9.59 Å². The van der Waals surface area contributed by atoms with E-state index in [0.717, 1.165) is 19.4 Å². The molecule has 1 amide bonds.